The molecule has 1 rings (SSSR count). The highest BCUT2D eigenvalue weighted by atomic mass is 16.4. The molecule has 3 N–H and O–H groups in total. The van der Waals surface area contributed by atoms with Gasteiger partial charge in [0.05, 0.1) is 18.8 Å². The van der Waals surface area contributed by atoms with E-state index in [0.717, 1.165) is 0 Å². The summed E-state index contributed by atoms with van der Waals surface area (Å²) >= 11 is 0. The van der Waals surface area contributed by atoms with Crippen LogP contribution in [0.1, 0.15) is 0 Å². The molecule has 0 radical (unpaired) electrons. The molecule has 0 aromatic carbocycles. The van der Waals surface area contributed by atoms with Gasteiger partial charge in [-0.3, -0.25) is 9.69 Å². The first-order chi connectivity index (χ1) is 5.09. The fourth-order valence-corrected chi connectivity index (χ4v) is 1.17. The highest BCUT2D eigenvalue weighted by Crippen LogP contribution is 2.08. The van der Waals surface area contributed by atoms with Crippen molar-refractivity contribution in [2.75, 3.05) is 19.6 Å². The van der Waals surface area contributed by atoms with Crippen molar-refractivity contribution in [2.24, 2.45) is 0 Å². The van der Waals surface area contributed by atoms with Gasteiger partial charge in [-0.2, -0.15) is 0 Å². The summed E-state index contributed by atoms with van der Waals surface area (Å²) in [5.41, 5.74) is 0. The molecule has 64 valence electrons. The van der Waals surface area contributed by atoms with Crippen LogP contribution in [-0.2, 0) is 4.79 Å². The summed E-state index contributed by atoms with van der Waals surface area (Å²) in [4.78, 5) is 11.7. The van der Waals surface area contributed by atoms with Gasteiger partial charge in [0.15, 0.2) is 0 Å². The van der Waals surface area contributed by atoms with Crippen molar-refractivity contribution in [3.63, 3.8) is 0 Å². The average molecular weight is 161 g/mol. The number of likely N-dealkylation sites (tertiary alicyclic amines) is 1. The van der Waals surface area contributed by atoms with E-state index in [-0.39, 0.29) is 19.6 Å². The first-order valence-electron chi connectivity index (χ1n) is 3.40. The van der Waals surface area contributed by atoms with Crippen LogP contribution in [0.15, 0.2) is 0 Å². The molecule has 0 aliphatic carbocycles. The van der Waals surface area contributed by atoms with E-state index in [0.29, 0.717) is 0 Å². The molecule has 1 saturated heterocycles. The lowest BCUT2D eigenvalue weighted by Crippen LogP contribution is -2.28. The van der Waals surface area contributed by atoms with E-state index in [1.807, 2.05) is 0 Å². The molecule has 0 aromatic rings. The molecule has 0 saturated carbocycles. The molecule has 0 bridgehead atoms. The van der Waals surface area contributed by atoms with Gasteiger partial charge < -0.3 is 15.3 Å². The SMILES string of the molecule is O=C(O)CN1CC(O)C(O)C1. The molecule has 1 aliphatic rings. The van der Waals surface area contributed by atoms with Crippen LogP contribution in [0.3, 0.4) is 0 Å². The second kappa shape index (κ2) is 3.17. The number of aliphatic hydroxyl groups excluding tert-OH is 2. The van der Waals surface area contributed by atoms with Crippen LogP contribution in [-0.4, -0.2) is 58.0 Å². The number of hydrogen-bond acceptors (Lipinski definition) is 4. The molecule has 2 unspecified atom stereocenters. The third-order valence-corrected chi connectivity index (χ3v) is 1.69. The van der Waals surface area contributed by atoms with Crippen LogP contribution in [0.5, 0.6) is 0 Å². The van der Waals surface area contributed by atoms with Crippen molar-refractivity contribution in [1.82, 2.24) is 4.90 Å². The minimum absolute atomic E-state index is 0.117. The predicted octanol–water partition coefficient (Wildman–Crippen LogP) is -1.89. The average Bonchev–Trinajstić information content (AvgIpc) is 2.10. The first-order valence-corrected chi connectivity index (χ1v) is 3.40. The molecule has 0 amide bonds. The number of aliphatic hydroxyl groups is 2. The number of β-amino-alcohol motifs (C(OH)–C–C–N with tert-alkyl or cyclic N) is 2. The number of carbonyl (C=O) groups is 1. The summed E-state index contributed by atoms with van der Waals surface area (Å²) in [6.07, 6.45) is -1.59. The molecule has 5 nitrogen and oxygen atoms in total. The summed E-state index contributed by atoms with van der Waals surface area (Å²) in [5, 5.41) is 26.3. The highest BCUT2D eigenvalue weighted by Gasteiger charge is 2.30. The van der Waals surface area contributed by atoms with Crippen LogP contribution in [0.2, 0.25) is 0 Å². The zero-order valence-corrected chi connectivity index (χ0v) is 5.97. The standard InChI is InChI=1S/C6H11NO4/c8-4-1-7(2-5(4)9)3-6(10)11/h4-5,8-9H,1-3H2,(H,10,11). The lowest BCUT2D eigenvalue weighted by Gasteiger charge is -2.09. The molecule has 5 heteroatoms. The Morgan fingerprint density at radius 1 is 1.36 bits per heavy atom. The van der Waals surface area contributed by atoms with Gasteiger partial charge in [0.1, 0.15) is 0 Å². The molecular weight excluding hydrogens is 150 g/mol. The van der Waals surface area contributed by atoms with E-state index in [1.54, 1.807) is 0 Å². The molecule has 11 heavy (non-hydrogen) atoms. The van der Waals surface area contributed by atoms with Crippen molar-refractivity contribution in [3.8, 4) is 0 Å². The normalized spacial score (nSPS) is 32.5. The maximum absolute atomic E-state index is 10.2. The monoisotopic (exact) mass is 161 g/mol. The summed E-state index contributed by atoms with van der Waals surface area (Å²) in [7, 11) is 0. The fraction of sp³-hybridized carbons (Fsp3) is 0.833. The van der Waals surface area contributed by atoms with E-state index in [2.05, 4.69) is 0 Å². The van der Waals surface area contributed by atoms with Crippen LogP contribution in [0.4, 0.5) is 0 Å². The van der Waals surface area contributed by atoms with Gasteiger partial charge in [0.2, 0.25) is 0 Å². The predicted molar refractivity (Wildman–Crippen MR) is 36.1 cm³/mol. The third kappa shape index (κ3) is 2.14. The summed E-state index contributed by atoms with van der Waals surface area (Å²) in [6, 6.07) is 0. The van der Waals surface area contributed by atoms with Crippen molar-refractivity contribution in [3.05, 3.63) is 0 Å². The number of carboxylic acids is 1. The molecule has 1 fully saturated rings. The van der Waals surface area contributed by atoms with Gasteiger partial charge in [-0.1, -0.05) is 0 Å². The van der Waals surface area contributed by atoms with Crippen molar-refractivity contribution in [2.45, 2.75) is 12.2 Å². The maximum Gasteiger partial charge on any atom is 0.317 e. The van der Waals surface area contributed by atoms with Crippen molar-refractivity contribution >= 4 is 5.97 Å². The Kier molecular flexibility index (Phi) is 2.43. The van der Waals surface area contributed by atoms with Gasteiger partial charge in [0.25, 0.3) is 0 Å². The van der Waals surface area contributed by atoms with E-state index >= 15 is 0 Å². The molecule has 1 aliphatic heterocycles. The fourth-order valence-electron chi connectivity index (χ4n) is 1.17. The highest BCUT2D eigenvalue weighted by molar-refractivity contribution is 5.69. The summed E-state index contributed by atoms with van der Waals surface area (Å²) in [6.45, 7) is 0.370. The number of hydrogen-bond donors (Lipinski definition) is 3. The zero-order chi connectivity index (χ0) is 8.43. The lowest BCUT2D eigenvalue weighted by atomic mass is 10.3. The molecule has 0 spiro atoms. The van der Waals surface area contributed by atoms with Crippen LogP contribution < -0.4 is 0 Å². The Bertz CT molecular complexity index is 151. The van der Waals surface area contributed by atoms with Gasteiger partial charge in [0, 0.05) is 13.1 Å². The van der Waals surface area contributed by atoms with Crippen LogP contribution in [0, 0.1) is 0 Å². The Balaban J connectivity index is 2.35. The quantitative estimate of drug-likeness (QED) is 0.441. The van der Waals surface area contributed by atoms with E-state index in [1.165, 1.54) is 4.90 Å². The second-order valence-corrected chi connectivity index (χ2v) is 2.72. The molecule has 1 heterocycles. The van der Waals surface area contributed by atoms with Gasteiger partial charge in [-0.25, -0.2) is 0 Å². The summed E-state index contributed by atoms with van der Waals surface area (Å²) < 4.78 is 0. The van der Waals surface area contributed by atoms with Crippen LogP contribution in [0.25, 0.3) is 0 Å². The number of aliphatic carboxylic acids is 1. The lowest BCUT2D eigenvalue weighted by molar-refractivity contribution is -0.138. The Morgan fingerprint density at radius 2 is 1.82 bits per heavy atom. The molecular formula is C6H11NO4. The first kappa shape index (κ1) is 8.45. The molecule has 0 aromatic heterocycles. The summed E-state index contributed by atoms with van der Waals surface area (Å²) in [5.74, 6) is -0.939. The Morgan fingerprint density at radius 3 is 2.18 bits per heavy atom. The largest absolute Gasteiger partial charge is 0.480 e. The zero-order valence-electron chi connectivity index (χ0n) is 5.97. The van der Waals surface area contributed by atoms with E-state index < -0.39 is 18.2 Å². The maximum atomic E-state index is 10.2. The van der Waals surface area contributed by atoms with Crippen molar-refractivity contribution in [1.29, 1.82) is 0 Å². The van der Waals surface area contributed by atoms with Crippen molar-refractivity contribution < 1.29 is 20.1 Å². The third-order valence-electron chi connectivity index (χ3n) is 1.69. The van der Waals surface area contributed by atoms with Gasteiger partial charge >= 0.3 is 5.97 Å². The smallest absolute Gasteiger partial charge is 0.317 e. The second-order valence-electron chi connectivity index (χ2n) is 2.72. The minimum Gasteiger partial charge on any atom is -0.480 e. The van der Waals surface area contributed by atoms with E-state index in [4.69, 9.17) is 15.3 Å². The van der Waals surface area contributed by atoms with Gasteiger partial charge in [-0.05, 0) is 0 Å². The number of rotatable bonds is 2. The number of carboxylic acid groups (broad SMARTS) is 1. The molecule has 2 atom stereocenters. The number of nitrogens with zero attached hydrogens (tertiary/aromatic N) is 1. The minimum atomic E-state index is -0.939. The Hall–Kier alpha value is -0.650. The van der Waals surface area contributed by atoms with E-state index in [9.17, 15) is 4.79 Å². The Labute approximate surface area is 63.9 Å². The topological polar surface area (TPSA) is 81.0 Å². The van der Waals surface area contributed by atoms with Gasteiger partial charge in [-0.15, -0.1) is 0 Å². The van der Waals surface area contributed by atoms with Crippen LogP contribution >= 0.6 is 0 Å².